The minimum absolute atomic E-state index is 0.314. The highest BCUT2D eigenvalue weighted by Crippen LogP contribution is 2.26. The second kappa shape index (κ2) is 8.01. The van der Waals surface area contributed by atoms with Crippen molar-refractivity contribution in [1.82, 2.24) is 5.32 Å². The lowest BCUT2D eigenvalue weighted by molar-refractivity contribution is -0.274. The Bertz CT molecular complexity index is 751. The minimum Gasteiger partial charge on any atom is -0.406 e. The molecule has 0 radical (unpaired) electrons. The third kappa shape index (κ3) is 5.57. The van der Waals surface area contributed by atoms with Crippen molar-refractivity contribution in [2.24, 2.45) is 0 Å². The first kappa shape index (κ1) is 19.5. The Balaban J connectivity index is 2.08. The second-order valence-electron chi connectivity index (χ2n) is 5.16. The number of nitrogens with one attached hydrogen (secondary N) is 1. The van der Waals surface area contributed by atoms with E-state index >= 15 is 0 Å². The van der Waals surface area contributed by atoms with Crippen molar-refractivity contribution >= 4 is 29.3 Å². The zero-order valence-corrected chi connectivity index (χ0v) is 14.9. The van der Waals surface area contributed by atoms with E-state index in [1.807, 2.05) is 12.3 Å². The van der Waals surface area contributed by atoms with Crippen molar-refractivity contribution in [1.29, 1.82) is 0 Å². The monoisotopic (exact) mass is 389 g/mol. The number of carbonyl (C=O) groups is 1. The Morgan fingerprint density at radius 2 is 1.84 bits per heavy atom. The summed E-state index contributed by atoms with van der Waals surface area (Å²) in [4.78, 5) is 13.3. The molecule has 2 aromatic carbocycles. The van der Waals surface area contributed by atoms with Crippen LogP contribution in [-0.2, 0) is 0 Å². The summed E-state index contributed by atoms with van der Waals surface area (Å²) < 4.78 is 40.3. The van der Waals surface area contributed by atoms with Gasteiger partial charge in [0.15, 0.2) is 0 Å². The summed E-state index contributed by atoms with van der Waals surface area (Å²) in [7, 11) is 0. The number of hydrogen-bond acceptors (Lipinski definition) is 3. The van der Waals surface area contributed by atoms with E-state index in [0.29, 0.717) is 16.1 Å². The van der Waals surface area contributed by atoms with Crippen molar-refractivity contribution in [2.75, 3.05) is 6.26 Å². The van der Waals surface area contributed by atoms with Gasteiger partial charge in [0.25, 0.3) is 5.91 Å². The normalized spacial score (nSPS) is 12.6. The number of amides is 1. The summed E-state index contributed by atoms with van der Waals surface area (Å²) in [6.45, 7) is 1.73. The van der Waals surface area contributed by atoms with Crippen molar-refractivity contribution in [3.63, 3.8) is 0 Å². The van der Waals surface area contributed by atoms with Gasteiger partial charge in [-0.3, -0.25) is 4.79 Å². The van der Waals surface area contributed by atoms with Crippen LogP contribution in [0.3, 0.4) is 0 Å². The van der Waals surface area contributed by atoms with Crippen molar-refractivity contribution in [2.45, 2.75) is 24.2 Å². The Labute approximate surface area is 152 Å². The molecule has 0 aromatic heterocycles. The molecule has 0 aliphatic carbocycles. The molecule has 0 heterocycles. The maximum Gasteiger partial charge on any atom is 0.573 e. The predicted molar refractivity (Wildman–Crippen MR) is 92.2 cm³/mol. The number of benzene rings is 2. The van der Waals surface area contributed by atoms with E-state index < -0.39 is 12.4 Å². The zero-order valence-electron chi connectivity index (χ0n) is 13.4. The van der Waals surface area contributed by atoms with E-state index in [0.717, 1.165) is 4.90 Å². The molecule has 0 aliphatic heterocycles. The van der Waals surface area contributed by atoms with Gasteiger partial charge >= 0.3 is 6.36 Å². The standard InChI is InChI=1S/C17H15ClF3NO2S/c1-10(11-3-5-12(6-4-11)24-17(19,20)21)22-16(23)14-9-13(25-2)7-8-15(14)18/h3-10H,1-2H3,(H,22,23). The first-order valence-corrected chi connectivity index (χ1v) is 8.80. The first-order chi connectivity index (χ1) is 11.7. The first-order valence-electron chi connectivity index (χ1n) is 7.19. The number of alkyl halides is 3. The highest BCUT2D eigenvalue weighted by atomic mass is 35.5. The Hall–Kier alpha value is -1.86. The maximum absolute atomic E-state index is 12.4. The Morgan fingerprint density at radius 3 is 2.40 bits per heavy atom. The molecule has 2 rings (SSSR count). The summed E-state index contributed by atoms with van der Waals surface area (Å²) in [5.74, 6) is -0.672. The smallest absolute Gasteiger partial charge is 0.406 e. The maximum atomic E-state index is 12.4. The number of halogens is 4. The van der Waals surface area contributed by atoms with Gasteiger partial charge in [0, 0.05) is 4.90 Å². The zero-order chi connectivity index (χ0) is 18.6. The number of ether oxygens (including phenoxy) is 1. The van der Waals surface area contributed by atoms with Crippen LogP contribution >= 0.6 is 23.4 Å². The van der Waals surface area contributed by atoms with Crippen LogP contribution in [0.2, 0.25) is 5.02 Å². The number of carbonyl (C=O) groups excluding carboxylic acids is 1. The molecule has 8 heteroatoms. The lowest BCUT2D eigenvalue weighted by atomic mass is 10.1. The lowest BCUT2D eigenvalue weighted by Gasteiger charge is -2.16. The van der Waals surface area contributed by atoms with E-state index in [1.165, 1.54) is 36.0 Å². The van der Waals surface area contributed by atoms with E-state index in [-0.39, 0.29) is 11.7 Å². The largest absolute Gasteiger partial charge is 0.573 e. The molecule has 0 bridgehead atoms. The molecular weight excluding hydrogens is 375 g/mol. The molecule has 0 saturated heterocycles. The van der Waals surface area contributed by atoms with Crippen molar-refractivity contribution < 1.29 is 22.7 Å². The van der Waals surface area contributed by atoms with Gasteiger partial charge in [-0.2, -0.15) is 0 Å². The van der Waals surface area contributed by atoms with Crippen LogP contribution < -0.4 is 10.1 Å². The summed E-state index contributed by atoms with van der Waals surface area (Å²) in [6, 6.07) is 10.1. The number of thioether (sulfide) groups is 1. The molecule has 2 aromatic rings. The third-order valence-electron chi connectivity index (χ3n) is 3.38. The van der Waals surface area contributed by atoms with Gasteiger partial charge in [-0.05, 0) is 49.1 Å². The molecule has 0 aliphatic rings. The SMILES string of the molecule is CSc1ccc(Cl)c(C(=O)NC(C)c2ccc(OC(F)(F)F)cc2)c1. The molecule has 0 saturated carbocycles. The molecule has 0 fully saturated rings. The summed E-state index contributed by atoms with van der Waals surface area (Å²) in [5, 5.41) is 3.11. The molecule has 134 valence electrons. The summed E-state index contributed by atoms with van der Waals surface area (Å²) in [6.07, 6.45) is -2.85. The quantitative estimate of drug-likeness (QED) is 0.691. The van der Waals surface area contributed by atoms with Gasteiger partial charge in [0.1, 0.15) is 5.75 Å². The number of hydrogen-bond donors (Lipinski definition) is 1. The topological polar surface area (TPSA) is 38.3 Å². The summed E-state index contributed by atoms with van der Waals surface area (Å²) >= 11 is 7.55. The van der Waals surface area contributed by atoms with Crippen LogP contribution in [0, 0.1) is 0 Å². The van der Waals surface area contributed by atoms with Crippen molar-refractivity contribution in [3.05, 3.63) is 58.6 Å². The highest BCUT2D eigenvalue weighted by Gasteiger charge is 2.31. The molecule has 1 unspecified atom stereocenters. The number of rotatable bonds is 5. The van der Waals surface area contributed by atoms with Gasteiger partial charge in [0.2, 0.25) is 0 Å². The molecule has 3 nitrogen and oxygen atoms in total. The van der Waals surface area contributed by atoms with E-state index in [4.69, 9.17) is 11.6 Å². The van der Waals surface area contributed by atoms with Crippen LogP contribution in [0.15, 0.2) is 47.4 Å². The fourth-order valence-corrected chi connectivity index (χ4v) is 2.76. The van der Waals surface area contributed by atoms with E-state index in [9.17, 15) is 18.0 Å². The Morgan fingerprint density at radius 1 is 1.20 bits per heavy atom. The fraction of sp³-hybridized carbons (Fsp3) is 0.235. The molecule has 1 N–H and O–H groups in total. The molecular formula is C17H15ClF3NO2S. The fourth-order valence-electron chi connectivity index (χ4n) is 2.12. The van der Waals surface area contributed by atoms with Gasteiger partial charge in [-0.1, -0.05) is 23.7 Å². The van der Waals surface area contributed by atoms with Crippen LogP contribution in [-0.4, -0.2) is 18.5 Å². The van der Waals surface area contributed by atoms with Crippen LogP contribution in [0.25, 0.3) is 0 Å². The third-order valence-corrected chi connectivity index (χ3v) is 4.43. The van der Waals surface area contributed by atoms with Gasteiger partial charge in [-0.25, -0.2) is 0 Å². The summed E-state index contributed by atoms with van der Waals surface area (Å²) in [5.41, 5.74) is 0.984. The van der Waals surface area contributed by atoms with Gasteiger partial charge in [0.05, 0.1) is 16.6 Å². The average molecular weight is 390 g/mol. The predicted octanol–water partition coefficient (Wildman–Crippen LogP) is 5.45. The molecule has 1 atom stereocenters. The minimum atomic E-state index is -4.74. The van der Waals surface area contributed by atoms with Crippen LogP contribution in [0.4, 0.5) is 13.2 Å². The Kier molecular flexibility index (Phi) is 6.24. The van der Waals surface area contributed by atoms with Gasteiger partial charge in [-0.15, -0.1) is 24.9 Å². The van der Waals surface area contributed by atoms with Crippen LogP contribution in [0.1, 0.15) is 28.9 Å². The van der Waals surface area contributed by atoms with E-state index in [2.05, 4.69) is 10.1 Å². The molecule has 25 heavy (non-hydrogen) atoms. The van der Waals surface area contributed by atoms with Gasteiger partial charge < -0.3 is 10.1 Å². The van der Waals surface area contributed by atoms with E-state index in [1.54, 1.807) is 19.1 Å². The van der Waals surface area contributed by atoms with Crippen LogP contribution in [0.5, 0.6) is 5.75 Å². The lowest BCUT2D eigenvalue weighted by Crippen LogP contribution is -2.27. The second-order valence-corrected chi connectivity index (χ2v) is 6.44. The van der Waals surface area contributed by atoms with Crippen molar-refractivity contribution in [3.8, 4) is 5.75 Å². The highest BCUT2D eigenvalue weighted by molar-refractivity contribution is 7.98. The average Bonchev–Trinajstić information content (AvgIpc) is 2.54. The molecule has 0 spiro atoms. The molecule has 1 amide bonds.